The molecular weight excluding hydrogens is 208 g/mol. The van der Waals surface area contributed by atoms with E-state index in [1.807, 2.05) is 24.3 Å². The Balaban J connectivity index is 2.45. The zero-order valence-electron chi connectivity index (χ0n) is 10.6. The first-order chi connectivity index (χ1) is 8.08. The van der Waals surface area contributed by atoms with Crippen molar-refractivity contribution in [3.63, 3.8) is 0 Å². The highest BCUT2D eigenvalue weighted by Gasteiger charge is 1.90. The van der Waals surface area contributed by atoms with Gasteiger partial charge in [0.1, 0.15) is 5.75 Å². The summed E-state index contributed by atoms with van der Waals surface area (Å²) in [5.74, 6) is 0.296. The van der Waals surface area contributed by atoms with Crippen LogP contribution in [0.5, 0.6) is 5.75 Å². The summed E-state index contributed by atoms with van der Waals surface area (Å²) in [4.78, 5) is 0. The molecule has 0 bridgehead atoms. The van der Waals surface area contributed by atoms with E-state index < -0.39 is 0 Å². The minimum atomic E-state index is 0.296. The predicted octanol–water partition coefficient (Wildman–Crippen LogP) is 4.71. The fraction of sp³-hybridized carbons (Fsp3) is 0.250. The predicted molar refractivity (Wildman–Crippen MR) is 74.9 cm³/mol. The topological polar surface area (TPSA) is 20.2 Å². The third-order valence-electron chi connectivity index (χ3n) is 2.42. The Labute approximate surface area is 104 Å². The Morgan fingerprint density at radius 2 is 1.88 bits per heavy atom. The van der Waals surface area contributed by atoms with E-state index >= 15 is 0 Å². The summed E-state index contributed by atoms with van der Waals surface area (Å²) < 4.78 is 0. The second kappa shape index (κ2) is 6.74. The van der Waals surface area contributed by atoms with E-state index in [-0.39, 0.29) is 0 Å². The molecule has 0 aliphatic heterocycles. The molecule has 90 valence electrons. The maximum absolute atomic E-state index is 9.15. The molecule has 17 heavy (non-hydrogen) atoms. The minimum absolute atomic E-state index is 0.296. The number of allylic oxidation sites excluding steroid dienone is 4. The molecule has 0 aliphatic carbocycles. The Bertz CT molecular complexity index is 417. The standard InChI is InChI=1S/C16H20O/c1-13(2)5-4-6-14(3)7-8-15-9-11-16(17)12-10-15/h5,7-12,17H,3-4,6H2,1-2H3. The molecule has 1 nitrogen and oxygen atoms in total. The van der Waals surface area contributed by atoms with Gasteiger partial charge in [-0.3, -0.25) is 0 Å². The summed E-state index contributed by atoms with van der Waals surface area (Å²) >= 11 is 0. The number of benzene rings is 1. The minimum Gasteiger partial charge on any atom is -0.508 e. The van der Waals surface area contributed by atoms with Gasteiger partial charge in [0.05, 0.1) is 0 Å². The van der Waals surface area contributed by atoms with Crippen LogP contribution in [0.4, 0.5) is 0 Å². The summed E-state index contributed by atoms with van der Waals surface area (Å²) in [6, 6.07) is 7.14. The van der Waals surface area contributed by atoms with Crippen LogP contribution in [0.3, 0.4) is 0 Å². The van der Waals surface area contributed by atoms with Crippen LogP contribution >= 0.6 is 0 Å². The monoisotopic (exact) mass is 228 g/mol. The normalized spacial score (nSPS) is 10.5. The van der Waals surface area contributed by atoms with Gasteiger partial charge in [-0.15, -0.1) is 0 Å². The lowest BCUT2D eigenvalue weighted by Gasteiger charge is -1.98. The molecule has 0 aliphatic rings. The van der Waals surface area contributed by atoms with Crippen molar-refractivity contribution in [3.05, 3.63) is 59.7 Å². The van der Waals surface area contributed by atoms with E-state index in [0.717, 1.165) is 24.0 Å². The van der Waals surface area contributed by atoms with Gasteiger partial charge in [-0.1, -0.05) is 48.1 Å². The molecule has 0 unspecified atom stereocenters. The quantitative estimate of drug-likeness (QED) is 0.571. The molecule has 1 aromatic rings. The number of hydrogen-bond acceptors (Lipinski definition) is 1. The molecule has 0 spiro atoms. The van der Waals surface area contributed by atoms with E-state index in [1.54, 1.807) is 12.1 Å². The molecule has 0 aromatic heterocycles. The van der Waals surface area contributed by atoms with Gasteiger partial charge in [0.15, 0.2) is 0 Å². The second-order valence-corrected chi connectivity index (χ2v) is 4.40. The number of hydrogen-bond donors (Lipinski definition) is 1. The van der Waals surface area contributed by atoms with Crippen molar-refractivity contribution >= 4 is 6.08 Å². The fourth-order valence-corrected chi connectivity index (χ4v) is 1.43. The average molecular weight is 228 g/mol. The van der Waals surface area contributed by atoms with E-state index in [1.165, 1.54) is 5.57 Å². The van der Waals surface area contributed by atoms with Crippen molar-refractivity contribution < 1.29 is 5.11 Å². The smallest absolute Gasteiger partial charge is 0.115 e. The van der Waals surface area contributed by atoms with Crippen LogP contribution in [0, 0.1) is 0 Å². The van der Waals surface area contributed by atoms with Crippen molar-refractivity contribution in [1.29, 1.82) is 0 Å². The number of rotatable bonds is 5. The molecule has 1 rings (SSSR count). The highest BCUT2D eigenvalue weighted by molar-refractivity contribution is 5.53. The van der Waals surface area contributed by atoms with Crippen molar-refractivity contribution in [2.24, 2.45) is 0 Å². The van der Waals surface area contributed by atoms with Crippen molar-refractivity contribution in [2.75, 3.05) is 0 Å². The fourth-order valence-electron chi connectivity index (χ4n) is 1.43. The molecule has 1 heteroatoms. The maximum Gasteiger partial charge on any atom is 0.115 e. The van der Waals surface area contributed by atoms with Crippen LogP contribution in [0.15, 0.2) is 54.1 Å². The molecule has 0 fully saturated rings. The van der Waals surface area contributed by atoms with Crippen LogP contribution in [0.2, 0.25) is 0 Å². The highest BCUT2D eigenvalue weighted by atomic mass is 16.3. The van der Waals surface area contributed by atoms with Gasteiger partial charge < -0.3 is 5.11 Å². The van der Waals surface area contributed by atoms with Crippen LogP contribution in [0.1, 0.15) is 32.3 Å². The van der Waals surface area contributed by atoms with Crippen LogP contribution in [-0.4, -0.2) is 5.11 Å². The number of phenols is 1. The first-order valence-electron chi connectivity index (χ1n) is 5.86. The molecule has 0 atom stereocenters. The zero-order valence-corrected chi connectivity index (χ0v) is 10.6. The second-order valence-electron chi connectivity index (χ2n) is 4.40. The van der Waals surface area contributed by atoms with Crippen molar-refractivity contribution in [2.45, 2.75) is 26.7 Å². The van der Waals surface area contributed by atoms with E-state index in [0.29, 0.717) is 5.75 Å². The van der Waals surface area contributed by atoms with Gasteiger partial charge in [0.2, 0.25) is 0 Å². The summed E-state index contributed by atoms with van der Waals surface area (Å²) in [5, 5.41) is 9.15. The Kier molecular flexibility index (Phi) is 5.28. The molecule has 0 amide bonds. The van der Waals surface area contributed by atoms with Crippen LogP contribution in [-0.2, 0) is 0 Å². The van der Waals surface area contributed by atoms with Gasteiger partial charge in [0, 0.05) is 0 Å². The van der Waals surface area contributed by atoms with Gasteiger partial charge in [0.25, 0.3) is 0 Å². The van der Waals surface area contributed by atoms with E-state index in [2.05, 4.69) is 26.5 Å². The lowest BCUT2D eigenvalue weighted by Crippen LogP contribution is -1.77. The summed E-state index contributed by atoms with van der Waals surface area (Å²) in [7, 11) is 0. The summed E-state index contributed by atoms with van der Waals surface area (Å²) in [5.41, 5.74) is 3.54. The zero-order chi connectivity index (χ0) is 12.7. The Hall–Kier alpha value is -1.76. The van der Waals surface area contributed by atoms with E-state index in [9.17, 15) is 0 Å². The Morgan fingerprint density at radius 3 is 2.47 bits per heavy atom. The van der Waals surface area contributed by atoms with Gasteiger partial charge in [-0.05, 0) is 44.4 Å². The summed E-state index contributed by atoms with van der Waals surface area (Å²) in [6.07, 6.45) is 8.30. The van der Waals surface area contributed by atoms with Crippen molar-refractivity contribution in [1.82, 2.24) is 0 Å². The molecular formula is C16H20O. The van der Waals surface area contributed by atoms with E-state index in [4.69, 9.17) is 5.11 Å². The molecule has 0 saturated heterocycles. The highest BCUT2D eigenvalue weighted by Crippen LogP contribution is 2.13. The third-order valence-corrected chi connectivity index (χ3v) is 2.42. The number of aromatic hydroxyl groups is 1. The largest absolute Gasteiger partial charge is 0.508 e. The SMILES string of the molecule is C=C(C=Cc1ccc(O)cc1)CCC=C(C)C. The molecule has 0 heterocycles. The lowest BCUT2D eigenvalue weighted by atomic mass is 10.1. The number of phenolic OH excluding ortho intramolecular Hbond substituents is 1. The maximum atomic E-state index is 9.15. The van der Waals surface area contributed by atoms with Gasteiger partial charge in [-0.25, -0.2) is 0 Å². The molecule has 0 radical (unpaired) electrons. The first kappa shape index (κ1) is 13.3. The van der Waals surface area contributed by atoms with Gasteiger partial charge in [-0.2, -0.15) is 0 Å². The summed E-state index contributed by atoms with van der Waals surface area (Å²) in [6.45, 7) is 8.23. The molecule has 0 saturated carbocycles. The van der Waals surface area contributed by atoms with Gasteiger partial charge >= 0.3 is 0 Å². The van der Waals surface area contributed by atoms with Crippen LogP contribution < -0.4 is 0 Å². The lowest BCUT2D eigenvalue weighted by molar-refractivity contribution is 0.475. The van der Waals surface area contributed by atoms with Crippen molar-refractivity contribution in [3.8, 4) is 5.75 Å². The average Bonchev–Trinajstić information content (AvgIpc) is 2.28. The first-order valence-corrected chi connectivity index (χ1v) is 5.86. The Morgan fingerprint density at radius 1 is 1.24 bits per heavy atom. The molecule has 1 N–H and O–H groups in total. The molecule has 1 aromatic carbocycles. The third kappa shape index (κ3) is 5.76. The van der Waals surface area contributed by atoms with Crippen LogP contribution in [0.25, 0.3) is 6.08 Å².